The SMILES string of the molecule is c1cc2c(cc1CN1CCOCC1)nc1n2CCN(C2CCC2)C1. The number of rotatable bonds is 3. The molecule has 1 saturated carbocycles. The van der Waals surface area contributed by atoms with Crippen molar-refractivity contribution in [1.82, 2.24) is 19.4 Å². The second-order valence-electron chi connectivity index (χ2n) is 7.45. The fourth-order valence-electron chi connectivity index (χ4n) is 4.26. The van der Waals surface area contributed by atoms with Crippen LogP contribution in [0.1, 0.15) is 30.7 Å². The zero-order valence-electron chi connectivity index (χ0n) is 14.3. The van der Waals surface area contributed by atoms with Crippen LogP contribution in [0.4, 0.5) is 0 Å². The van der Waals surface area contributed by atoms with Gasteiger partial charge >= 0.3 is 0 Å². The van der Waals surface area contributed by atoms with Gasteiger partial charge in [-0.15, -0.1) is 0 Å². The molecular formula is C19H26N4O. The van der Waals surface area contributed by atoms with Gasteiger partial charge in [0.25, 0.3) is 0 Å². The molecule has 0 N–H and O–H groups in total. The van der Waals surface area contributed by atoms with Gasteiger partial charge in [-0.2, -0.15) is 0 Å². The third-order valence-corrected chi connectivity index (χ3v) is 5.95. The van der Waals surface area contributed by atoms with Crippen molar-refractivity contribution in [2.75, 3.05) is 32.8 Å². The summed E-state index contributed by atoms with van der Waals surface area (Å²) in [4.78, 5) is 10.1. The highest BCUT2D eigenvalue weighted by atomic mass is 16.5. The van der Waals surface area contributed by atoms with Gasteiger partial charge in [-0.05, 0) is 30.5 Å². The van der Waals surface area contributed by atoms with Crippen LogP contribution in [0, 0.1) is 0 Å². The van der Waals surface area contributed by atoms with Gasteiger partial charge in [-0.3, -0.25) is 9.80 Å². The Bertz CT molecular complexity index is 730. The summed E-state index contributed by atoms with van der Waals surface area (Å²) in [7, 11) is 0. The van der Waals surface area contributed by atoms with Crippen molar-refractivity contribution in [3.63, 3.8) is 0 Å². The van der Waals surface area contributed by atoms with Gasteiger partial charge in [0.05, 0.1) is 30.8 Å². The van der Waals surface area contributed by atoms with Gasteiger partial charge in [0.15, 0.2) is 0 Å². The van der Waals surface area contributed by atoms with E-state index < -0.39 is 0 Å². The number of morpholine rings is 1. The van der Waals surface area contributed by atoms with Crippen molar-refractivity contribution in [2.45, 2.75) is 44.9 Å². The van der Waals surface area contributed by atoms with Crippen LogP contribution in [0.15, 0.2) is 18.2 Å². The largest absolute Gasteiger partial charge is 0.379 e. The van der Waals surface area contributed by atoms with Crippen LogP contribution in [-0.2, 0) is 24.4 Å². The van der Waals surface area contributed by atoms with Gasteiger partial charge in [0.2, 0.25) is 0 Å². The molecule has 0 bridgehead atoms. The van der Waals surface area contributed by atoms with E-state index in [2.05, 4.69) is 32.6 Å². The fraction of sp³-hybridized carbons (Fsp3) is 0.632. The van der Waals surface area contributed by atoms with Crippen molar-refractivity contribution in [2.24, 2.45) is 0 Å². The fourth-order valence-corrected chi connectivity index (χ4v) is 4.26. The maximum Gasteiger partial charge on any atom is 0.124 e. The first-order valence-corrected chi connectivity index (χ1v) is 9.39. The third-order valence-electron chi connectivity index (χ3n) is 5.95. The zero-order chi connectivity index (χ0) is 15.9. The van der Waals surface area contributed by atoms with E-state index in [1.165, 1.54) is 48.2 Å². The minimum Gasteiger partial charge on any atom is -0.379 e. The van der Waals surface area contributed by atoms with E-state index in [0.717, 1.165) is 52.0 Å². The minimum atomic E-state index is 0.815. The second kappa shape index (κ2) is 6.14. The van der Waals surface area contributed by atoms with Crippen LogP contribution in [0.5, 0.6) is 0 Å². The predicted molar refractivity (Wildman–Crippen MR) is 93.9 cm³/mol. The highest BCUT2D eigenvalue weighted by molar-refractivity contribution is 5.77. The maximum atomic E-state index is 5.44. The molecule has 1 aromatic carbocycles. The molecule has 24 heavy (non-hydrogen) atoms. The van der Waals surface area contributed by atoms with Crippen molar-refractivity contribution >= 4 is 11.0 Å². The van der Waals surface area contributed by atoms with Crippen molar-refractivity contribution < 1.29 is 4.74 Å². The standard InChI is InChI=1S/C19H26N4O/c1-2-16(3-1)22-6-7-23-18-5-4-15(12-17(18)20-19(23)14-22)13-21-8-10-24-11-9-21/h4-5,12,16H,1-3,6-11,13-14H2. The zero-order valence-corrected chi connectivity index (χ0v) is 14.3. The first kappa shape index (κ1) is 14.9. The average molecular weight is 326 g/mol. The molecule has 1 saturated heterocycles. The minimum absolute atomic E-state index is 0.815. The number of benzene rings is 1. The highest BCUT2D eigenvalue weighted by Crippen LogP contribution is 2.29. The lowest BCUT2D eigenvalue weighted by molar-refractivity contribution is 0.0342. The second-order valence-corrected chi connectivity index (χ2v) is 7.45. The summed E-state index contributed by atoms with van der Waals surface area (Å²) in [5.74, 6) is 1.26. The van der Waals surface area contributed by atoms with Gasteiger partial charge in [-0.25, -0.2) is 4.98 Å². The van der Waals surface area contributed by atoms with Crippen LogP contribution >= 0.6 is 0 Å². The number of nitrogens with zero attached hydrogens (tertiary/aromatic N) is 4. The maximum absolute atomic E-state index is 5.44. The molecule has 0 atom stereocenters. The molecule has 0 unspecified atom stereocenters. The molecule has 3 aliphatic rings. The first-order valence-electron chi connectivity index (χ1n) is 9.39. The van der Waals surface area contributed by atoms with Crippen molar-refractivity contribution in [3.8, 4) is 0 Å². The predicted octanol–water partition coefficient (Wildman–Crippen LogP) is 2.24. The van der Waals surface area contributed by atoms with E-state index in [1.807, 2.05) is 0 Å². The number of hydrogen-bond acceptors (Lipinski definition) is 4. The van der Waals surface area contributed by atoms with Gasteiger partial charge in [-0.1, -0.05) is 12.5 Å². The number of imidazole rings is 1. The first-order chi connectivity index (χ1) is 11.9. The summed E-state index contributed by atoms with van der Waals surface area (Å²) in [6, 6.07) is 7.67. The Kier molecular flexibility index (Phi) is 3.80. The molecule has 2 aromatic rings. The van der Waals surface area contributed by atoms with Crippen molar-refractivity contribution in [1.29, 1.82) is 0 Å². The normalized spacial score (nSPS) is 23.3. The molecule has 0 spiro atoms. The molecule has 1 aromatic heterocycles. The van der Waals surface area contributed by atoms with Crippen molar-refractivity contribution in [3.05, 3.63) is 29.6 Å². The molecule has 5 heteroatoms. The Morgan fingerprint density at radius 1 is 1.08 bits per heavy atom. The van der Waals surface area contributed by atoms with E-state index in [4.69, 9.17) is 9.72 Å². The van der Waals surface area contributed by atoms with E-state index in [1.54, 1.807) is 0 Å². The monoisotopic (exact) mass is 326 g/mol. The van der Waals surface area contributed by atoms with Crippen LogP contribution in [0.3, 0.4) is 0 Å². The van der Waals surface area contributed by atoms with Crippen LogP contribution in [-0.4, -0.2) is 58.2 Å². The Morgan fingerprint density at radius 2 is 1.96 bits per heavy atom. The van der Waals surface area contributed by atoms with E-state index in [-0.39, 0.29) is 0 Å². The summed E-state index contributed by atoms with van der Waals surface area (Å²) in [6.07, 6.45) is 4.16. The lowest BCUT2D eigenvalue weighted by Crippen LogP contribution is -2.44. The van der Waals surface area contributed by atoms with Gasteiger partial charge in [0, 0.05) is 38.8 Å². The Labute approximate surface area is 143 Å². The summed E-state index contributed by atoms with van der Waals surface area (Å²) in [5.41, 5.74) is 3.85. The summed E-state index contributed by atoms with van der Waals surface area (Å²) in [5, 5.41) is 0. The van der Waals surface area contributed by atoms with Gasteiger partial charge < -0.3 is 9.30 Å². The van der Waals surface area contributed by atoms with E-state index >= 15 is 0 Å². The topological polar surface area (TPSA) is 33.5 Å². The number of hydrogen-bond donors (Lipinski definition) is 0. The molecule has 2 fully saturated rings. The highest BCUT2D eigenvalue weighted by Gasteiger charge is 2.29. The van der Waals surface area contributed by atoms with E-state index in [9.17, 15) is 0 Å². The summed E-state index contributed by atoms with van der Waals surface area (Å²) < 4.78 is 7.88. The summed E-state index contributed by atoms with van der Waals surface area (Å²) in [6.45, 7) is 8.09. The summed E-state index contributed by atoms with van der Waals surface area (Å²) >= 11 is 0. The Morgan fingerprint density at radius 3 is 2.75 bits per heavy atom. The molecule has 2 aliphatic heterocycles. The van der Waals surface area contributed by atoms with E-state index in [0.29, 0.717) is 0 Å². The molecule has 0 amide bonds. The lowest BCUT2D eigenvalue weighted by Gasteiger charge is -2.39. The average Bonchev–Trinajstić information content (AvgIpc) is 2.91. The smallest absolute Gasteiger partial charge is 0.124 e. The molecule has 5 rings (SSSR count). The molecule has 3 heterocycles. The van der Waals surface area contributed by atoms with Crippen LogP contribution in [0.2, 0.25) is 0 Å². The quantitative estimate of drug-likeness (QED) is 0.866. The van der Waals surface area contributed by atoms with Gasteiger partial charge in [0.1, 0.15) is 5.82 Å². The lowest BCUT2D eigenvalue weighted by atomic mass is 9.91. The number of fused-ring (bicyclic) bond motifs is 3. The number of ether oxygens (including phenoxy) is 1. The Balaban J connectivity index is 1.37. The van der Waals surface area contributed by atoms with Crippen LogP contribution < -0.4 is 0 Å². The Hall–Kier alpha value is -1.43. The number of aromatic nitrogens is 2. The molecule has 1 aliphatic carbocycles. The third kappa shape index (κ3) is 2.65. The molecule has 5 nitrogen and oxygen atoms in total. The molecule has 128 valence electrons. The molecular weight excluding hydrogens is 300 g/mol. The van der Waals surface area contributed by atoms with Crippen LogP contribution in [0.25, 0.3) is 11.0 Å². The molecule has 0 radical (unpaired) electrons.